The maximum atomic E-state index is 9.20. The zero-order chi connectivity index (χ0) is 10.2. The second kappa shape index (κ2) is 3.65. The van der Waals surface area contributed by atoms with Gasteiger partial charge in [-0.1, -0.05) is 22.0 Å². The molecule has 1 aromatic carbocycles. The highest BCUT2D eigenvalue weighted by Crippen LogP contribution is 2.28. The highest BCUT2D eigenvalue weighted by molar-refractivity contribution is 9.10. The molecule has 0 radical (unpaired) electrons. The second-order valence-corrected chi connectivity index (χ2v) is 5.03. The lowest BCUT2D eigenvalue weighted by Gasteiger charge is -2.33. The van der Waals surface area contributed by atoms with E-state index in [-0.39, 0.29) is 6.61 Å². The van der Waals surface area contributed by atoms with E-state index >= 15 is 0 Å². The summed E-state index contributed by atoms with van der Waals surface area (Å²) >= 11 is 3.46. The van der Waals surface area contributed by atoms with Crippen LogP contribution >= 0.6 is 15.9 Å². The number of aliphatic hydroxyl groups excluding tert-OH is 1. The molecule has 76 valence electrons. The van der Waals surface area contributed by atoms with Crippen LogP contribution in [-0.4, -0.2) is 17.3 Å². The van der Waals surface area contributed by atoms with Crippen molar-refractivity contribution >= 4 is 15.9 Å². The van der Waals surface area contributed by atoms with Crippen LogP contribution in [0.1, 0.15) is 17.5 Å². The van der Waals surface area contributed by atoms with Crippen LogP contribution < -0.4 is 5.73 Å². The number of nitrogens with two attached hydrogens (primary N) is 1. The first-order valence-electron chi connectivity index (χ1n) is 4.80. The zero-order valence-corrected chi connectivity index (χ0v) is 9.55. The largest absolute Gasteiger partial charge is 0.394 e. The Morgan fingerprint density at radius 3 is 2.93 bits per heavy atom. The lowest BCUT2D eigenvalue weighted by Crippen LogP contribution is -2.48. The molecule has 3 N–H and O–H groups in total. The summed E-state index contributed by atoms with van der Waals surface area (Å²) in [5, 5.41) is 9.20. The summed E-state index contributed by atoms with van der Waals surface area (Å²) in [4.78, 5) is 0. The molecule has 0 fully saturated rings. The topological polar surface area (TPSA) is 46.2 Å². The SMILES string of the molecule is NC1(CO)CCc2cc(Br)ccc2C1. The van der Waals surface area contributed by atoms with Gasteiger partial charge < -0.3 is 10.8 Å². The molecule has 1 aliphatic rings. The quantitative estimate of drug-likeness (QED) is 0.802. The Morgan fingerprint density at radius 1 is 1.43 bits per heavy atom. The van der Waals surface area contributed by atoms with E-state index < -0.39 is 5.54 Å². The summed E-state index contributed by atoms with van der Waals surface area (Å²) in [6.07, 6.45) is 2.62. The molecule has 2 rings (SSSR count). The smallest absolute Gasteiger partial charge is 0.0614 e. The Labute approximate surface area is 92.3 Å². The minimum atomic E-state index is -0.402. The molecule has 0 spiro atoms. The fraction of sp³-hybridized carbons (Fsp3) is 0.455. The normalized spacial score (nSPS) is 25.9. The predicted molar refractivity (Wildman–Crippen MR) is 60.2 cm³/mol. The highest BCUT2D eigenvalue weighted by Gasteiger charge is 2.29. The highest BCUT2D eigenvalue weighted by atomic mass is 79.9. The van der Waals surface area contributed by atoms with Crippen LogP contribution in [0.5, 0.6) is 0 Å². The lowest BCUT2D eigenvalue weighted by molar-refractivity contribution is 0.181. The number of halogens is 1. The van der Waals surface area contributed by atoms with Gasteiger partial charge >= 0.3 is 0 Å². The summed E-state index contributed by atoms with van der Waals surface area (Å²) in [5.74, 6) is 0. The van der Waals surface area contributed by atoms with Crippen LogP contribution in [0.3, 0.4) is 0 Å². The third-order valence-corrected chi connectivity index (χ3v) is 3.41. The molecular weight excluding hydrogens is 242 g/mol. The van der Waals surface area contributed by atoms with Gasteiger partial charge in [0, 0.05) is 10.0 Å². The summed E-state index contributed by atoms with van der Waals surface area (Å²) in [6, 6.07) is 6.27. The molecule has 1 atom stereocenters. The minimum Gasteiger partial charge on any atom is -0.394 e. The first-order chi connectivity index (χ1) is 6.63. The Morgan fingerprint density at radius 2 is 2.21 bits per heavy atom. The molecule has 1 aliphatic carbocycles. The third-order valence-electron chi connectivity index (χ3n) is 2.92. The van der Waals surface area contributed by atoms with Gasteiger partial charge in [-0.15, -0.1) is 0 Å². The van der Waals surface area contributed by atoms with Crippen molar-refractivity contribution in [1.82, 2.24) is 0 Å². The monoisotopic (exact) mass is 255 g/mol. The Hall–Kier alpha value is -0.380. The van der Waals surface area contributed by atoms with E-state index in [2.05, 4.69) is 28.1 Å². The van der Waals surface area contributed by atoms with Crippen LogP contribution in [0.4, 0.5) is 0 Å². The van der Waals surface area contributed by atoms with E-state index in [1.807, 2.05) is 6.07 Å². The Bertz CT molecular complexity index is 353. The number of hydrogen-bond donors (Lipinski definition) is 2. The summed E-state index contributed by atoms with van der Waals surface area (Å²) < 4.78 is 1.12. The number of benzene rings is 1. The number of hydrogen-bond acceptors (Lipinski definition) is 2. The number of rotatable bonds is 1. The fourth-order valence-electron chi connectivity index (χ4n) is 1.99. The average molecular weight is 256 g/mol. The fourth-order valence-corrected chi connectivity index (χ4v) is 2.39. The lowest BCUT2D eigenvalue weighted by atomic mass is 9.79. The van der Waals surface area contributed by atoms with Crippen molar-refractivity contribution in [2.24, 2.45) is 5.73 Å². The average Bonchev–Trinajstić information content (AvgIpc) is 2.19. The summed E-state index contributed by atoms with van der Waals surface area (Å²) in [5.41, 5.74) is 8.28. The molecule has 14 heavy (non-hydrogen) atoms. The van der Waals surface area contributed by atoms with Gasteiger partial charge in [-0.05, 0) is 42.5 Å². The zero-order valence-electron chi connectivity index (χ0n) is 7.96. The molecule has 0 heterocycles. The van der Waals surface area contributed by atoms with E-state index in [1.54, 1.807) is 0 Å². The van der Waals surface area contributed by atoms with E-state index in [9.17, 15) is 5.11 Å². The van der Waals surface area contributed by atoms with Gasteiger partial charge in [-0.25, -0.2) is 0 Å². The van der Waals surface area contributed by atoms with Gasteiger partial charge in [0.15, 0.2) is 0 Å². The molecule has 0 aliphatic heterocycles. The summed E-state index contributed by atoms with van der Waals surface area (Å²) in [7, 11) is 0. The van der Waals surface area contributed by atoms with Gasteiger partial charge in [0.25, 0.3) is 0 Å². The van der Waals surface area contributed by atoms with E-state index in [1.165, 1.54) is 11.1 Å². The molecule has 0 amide bonds. The van der Waals surface area contributed by atoms with Gasteiger partial charge in [-0.3, -0.25) is 0 Å². The maximum Gasteiger partial charge on any atom is 0.0614 e. The third kappa shape index (κ3) is 1.85. The Balaban J connectivity index is 2.31. The van der Waals surface area contributed by atoms with Gasteiger partial charge in [0.2, 0.25) is 0 Å². The molecule has 2 nitrogen and oxygen atoms in total. The van der Waals surface area contributed by atoms with Crippen LogP contribution in [0.15, 0.2) is 22.7 Å². The number of aryl methyl sites for hydroxylation is 1. The summed E-state index contributed by atoms with van der Waals surface area (Å²) in [6.45, 7) is 0.0719. The van der Waals surface area contributed by atoms with Gasteiger partial charge in [0.05, 0.1) is 6.61 Å². The molecule has 3 heteroatoms. The Kier molecular flexibility index (Phi) is 2.64. The van der Waals surface area contributed by atoms with Crippen molar-refractivity contribution in [3.05, 3.63) is 33.8 Å². The molecule has 1 aromatic rings. The number of aliphatic hydroxyl groups is 1. The molecule has 0 bridgehead atoms. The first-order valence-corrected chi connectivity index (χ1v) is 5.59. The van der Waals surface area contributed by atoms with Crippen molar-refractivity contribution in [2.45, 2.75) is 24.8 Å². The molecule has 0 aromatic heterocycles. The van der Waals surface area contributed by atoms with Crippen LogP contribution in [-0.2, 0) is 12.8 Å². The van der Waals surface area contributed by atoms with E-state index in [4.69, 9.17) is 5.73 Å². The van der Waals surface area contributed by atoms with Gasteiger partial charge in [-0.2, -0.15) is 0 Å². The van der Waals surface area contributed by atoms with Crippen molar-refractivity contribution in [1.29, 1.82) is 0 Å². The molecular formula is C11H14BrNO. The van der Waals surface area contributed by atoms with Crippen molar-refractivity contribution in [3.63, 3.8) is 0 Å². The first kappa shape index (κ1) is 10.1. The van der Waals surface area contributed by atoms with Gasteiger partial charge in [0.1, 0.15) is 0 Å². The van der Waals surface area contributed by atoms with Crippen LogP contribution in [0.25, 0.3) is 0 Å². The maximum absolute atomic E-state index is 9.20. The number of fused-ring (bicyclic) bond motifs is 1. The van der Waals surface area contributed by atoms with Crippen molar-refractivity contribution in [2.75, 3.05) is 6.61 Å². The second-order valence-electron chi connectivity index (χ2n) is 4.11. The van der Waals surface area contributed by atoms with Crippen molar-refractivity contribution < 1.29 is 5.11 Å². The van der Waals surface area contributed by atoms with Crippen molar-refractivity contribution in [3.8, 4) is 0 Å². The molecule has 1 unspecified atom stereocenters. The van der Waals surface area contributed by atoms with Crippen LogP contribution in [0.2, 0.25) is 0 Å². The minimum absolute atomic E-state index is 0.0719. The predicted octanol–water partition coefficient (Wildman–Crippen LogP) is 1.63. The molecule has 0 saturated heterocycles. The van der Waals surface area contributed by atoms with E-state index in [0.29, 0.717) is 0 Å². The standard InChI is InChI=1S/C11H14BrNO/c12-10-2-1-9-6-11(13,7-14)4-3-8(9)5-10/h1-2,5,14H,3-4,6-7,13H2. The van der Waals surface area contributed by atoms with Crippen LogP contribution in [0, 0.1) is 0 Å². The molecule has 0 saturated carbocycles. The van der Waals surface area contributed by atoms with E-state index in [0.717, 1.165) is 23.7 Å².